The molecule has 23 heavy (non-hydrogen) atoms. The van der Waals surface area contributed by atoms with Crippen LogP contribution in [0.2, 0.25) is 0 Å². The van der Waals surface area contributed by atoms with Gasteiger partial charge in [-0.3, -0.25) is 14.5 Å². The van der Waals surface area contributed by atoms with Crippen molar-refractivity contribution in [1.82, 2.24) is 19.6 Å². The van der Waals surface area contributed by atoms with Crippen molar-refractivity contribution >= 4 is 0 Å². The molecule has 2 atom stereocenters. The van der Waals surface area contributed by atoms with Gasteiger partial charge in [0, 0.05) is 58.1 Å². The second kappa shape index (κ2) is 6.06. The molecule has 0 bridgehead atoms. The Hall–Kier alpha value is -1.72. The minimum absolute atomic E-state index is 0.135. The topological polar surface area (TPSA) is 24.3 Å². The predicted octanol–water partition coefficient (Wildman–Crippen LogP) is 2.12. The second-order valence-corrected chi connectivity index (χ2v) is 7.06. The lowest BCUT2D eigenvalue weighted by atomic mass is 10.0. The lowest BCUT2D eigenvalue weighted by Crippen LogP contribution is -2.28. The summed E-state index contributed by atoms with van der Waals surface area (Å²) < 4.78 is 15.2. The van der Waals surface area contributed by atoms with Gasteiger partial charge in [0.2, 0.25) is 0 Å². The van der Waals surface area contributed by atoms with E-state index in [0.717, 1.165) is 43.6 Å². The van der Waals surface area contributed by atoms with Gasteiger partial charge >= 0.3 is 0 Å². The first kappa shape index (κ1) is 14.8. The summed E-state index contributed by atoms with van der Waals surface area (Å²) >= 11 is 0. The fourth-order valence-corrected chi connectivity index (χ4v) is 4.15. The van der Waals surface area contributed by atoms with Crippen LogP contribution in [-0.2, 0) is 20.1 Å². The van der Waals surface area contributed by atoms with Crippen molar-refractivity contribution in [3.8, 4) is 0 Å². The maximum Gasteiger partial charge on any atom is 0.123 e. The summed E-state index contributed by atoms with van der Waals surface area (Å²) in [6.45, 7) is 6.46. The number of aryl methyl sites for hydroxylation is 1. The van der Waals surface area contributed by atoms with E-state index < -0.39 is 0 Å². The molecule has 2 aromatic rings. The van der Waals surface area contributed by atoms with Gasteiger partial charge < -0.3 is 0 Å². The van der Waals surface area contributed by atoms with Crippen LogP contribution in [-0.4, -0.2) is 45.8 Å². The molecule has 2 fully saturated rings. The van der Waals surface area contributed by atoms with Crippen molar-refractivity contribution < 1.29 is 4.39 Å². The van der Waals surface area contributed by atoms with Crippen LogP contribution >= 0.6 is 0 Å². The Labute approximate surface area is 136 Å². The standard InChI is InChI=1S/C18H23FN4/c1-21-7-15(6-20-21)9-23-12-16-10-22(11-17(16)13-23)8-14-3-2-4-18(19)5-14/h2-7,16-17H,8-13H2,1H3/t16-,17-/m1/s1. The van der Waals surface area contributed by atoms with E-state index in [9.17, 15) is 4.39 Å². The van der Waals surface area contributed by atoms with Crippen LogP contribution in [0.1, 0.15) is 11.1 Å². The van der Waals surface area contributed by atoms with Gasteiger partial charge in [-0.25, -0.2) is 4.39 Å². The molecule has 2 saturated heterocycles. The summed E-state index contributed by atoms with van der Waals surface area (Å²) in [5.41, 5.74) is 2.38. The SMILES string of the molecule is Cn1cc(CN2C[C@H]3CN(Cc4cccc(F)c4)C[C@@H]3C2)cn1. The van der Waals surface area contributed by atoms with Gasteiger partial charge in [0.25, 0.3) is 0 Å². The molecule has 0 saturated carbocycles. The summed E-state index contributed by atoms with van der Waals surface area (Å²) in [5, 5.41) is 4.25. The molecule has 0 radical (unpaired) electrons. The van der Waals surface area contributed by atoms with Crippen LogP contribution in [0.3, 0.4) is 0 Å². The highest BCUT2D eigenvalue weighted by Crippen LogP contribution is 2.32. The maximum absolute atomic E-state index is 13.3. The Bertz CT molecular complexity index is 669. The quantitative estimate of drug-likeness (QED) is 0.864. The highest BCUT2D eigenvalue weighted by molar-refractivity contribution is 5.16. The smallest absolute Gasteiger partial charge is 0.123 e. The monoisotopic (exact) mass is 314 g/mol. The molecule has 0 amide bonds. The third-order valence-electron chi connectivity index (χ3n) is 5.10. The number of nitrogens with zero attached hydrogens (tertiary/aromatic N) is 4. The number of aromatic nitrogens is 2. The number of hydrogen-bond donors (Lipinski definition) is 0. The molecule has 122 valence electrons. The van der Waals surface area contributed by atoms with Gasteiger partial charge in [-0.2, -0.15) is 5.10 Å². The molecule has 0 spiro atoms. The van der Waals surface area contributed by atoms with Crippen molar-refractivity contribution in [2.45, 2.75) is 13.1 Å². The summed E-state index contributed by atoms with van der Waals surface area (Å²) in [6, 6.07) is 6.99. The van der Waals surface area contributed by atoms with E-state index in [4.69, 9.17) is 0 Å². The van der Waals surface area contributed by atoms with Gasteiger partial charge in [-0.05, 0) is 29.5 Å². The molecule has 2 aliphatic rings. The van der Waals surface area contributed by atoms with Crippen LogP contribution < -0.4 is 0 Å². The molecule has 4 rings (SSSR count). The highest BCUT2D eigenvalue weighted by Gasteiger charge is 2.39. The van der Waals surface area contributed by atoms with E-state index in [2.05, 4.69) is 21.1 Å². The number of rotatable bonds is 4. The van der Waals surface area contributed by atoms with Crippen molar-refractivity contribution in [2.24, 2.45) is 18.9 Å². The fourth-order valence-electron chi connectivity index (χ4n) is 4.15. The van der Waals surface area contributed by atoms with E-state index in [-0.39, 0.29) is 5.82 Å². The third-order valence-corrected chi connectivity index (χ3v) is 5.10. The molecular weight excluding hydrogens is 291 g/mol. The first-order valence-corrected chi connectivity index (χ1v) is 8.32. The second-order valence-electron chi connectivity index (χ2n) is 7.06. The summed E-state index contributed by atoms with van der Waals surface area (Å²) in [5.74, 6) is 1.37. The van der Waals surface area contributed by atoms with E-state index in [0.29, 0.717) is 0 Å². The van der Waals surface area contributed by atoms with Gasteiger partial charge in [0.15, 0.2) is 0 Å². The number of likely N-dealkylation sites (tertiary alicyclic amines) is 2. The average molecular weight is 314 g/mol. The maximum atomic E-state index is 13.3. The Morgan fingerprint density at radius 1 is 1.04 bits per heavy atom. The van der Waals surface area contributed by atoms with E-state index in [1.165, 1.54) is 24.7 Å². The number of benzene rings is 1. The van der Waals surface area contributed by atoms with Crippen LogP contribution in [0.4, 0.5) is 4.39 Å². The average Bonchev–Trinajstić information content (AvgIpc) is 3.14. The molecule has 2 aliphatic heterocycles. The van der Waals surface area contributed by atoms with Crippen molar-refractivity contribution in [3.05, 3.63) is 53.6 Å². The number of halogens is 1. The number of fused-ring (bicyclic) bond motifs is 1. The predicted molar refractivity (Wildman–Crippen MR) is 87.1 cm³/mol. The minimum atomic E-state index is -0.135. The van der Waals surface area contributed by atoms with Gasteiger partial charge in [-0.15, -0.1) is 0 Å². The van der Waals surface area contributed by atoms with Crippen LogP contribution in [0.5, 0.6) is 0 Å². The van der Waals surface area contributed by atoms with Gasteiger partial charge in [0.05, 0.1) is 6.20 Å². The minimum Gasteiger partial charge on any atom is -0.298 e. The summed E-state index contributed by atoms with van der Waals surface area (Å²) in [6.07, 6.45) is 4.06. The lowest BCUT2D eigenvalue weighted by Gasteiger charge is -2.21. The van der Waals surface area contributed by atoms with Crippen molar-refractivity contribution in [3.63, 3.8) is 0 Å². The molecular formula is C18H23FN4. The lowest BCUT2D eigenvalue weighted by molar-refractivity contribution is 0.246. The van der Waals surface area contributed by atoms with Crippen LogP contribution in [0.25, 0.3) is 0 Å². The Morgan fingerprint density at radius 3 is 2.26 bits per heavy atom. The Morgan fingerprint density at radius 2 is 1.70 bits per heavy atom. The first-order valence-electron chi connectivity index (χ1n) is 8.32. The first-order chi connectivity index (χ1) is 11.2. The Kier molecular flexibility index (Phi) is 3.91. The normalized spacial score (nSPS) is 25.1. The van der Waals surface area contributed by atoms with E-state index in [1.54, 1.807) is 12.1 Å². The summed E-state index contributed by atoms with van der Waals surface area (Å²) in [7, 11) is 1.96. The van der Waals surface area contributed by atoms with Crippen molar-refractivity contribution in [1.29, 1.82) is 0 Å². The molecule has 0 aliphatic carbocycles. The zero-order chi connectivity index (χ0) is 15.8. The van der Waals surface area contributed by atoms with E-state index >= 15 is 0 Å². The highest BCUT2D eigenvalue weighted by atomic mass is 19.1. The van der Waals surface area contributed by atoms with E-state index in [1.807, 2.05) is 24.0 Å². The molecule has 4 nitrogen and oxygen atoms in total. The number of hydrogen-bond acceptors (Lipinski definition) is 3. The Balaban J connectivity index is 1.31. The van der Waals surface area contributed by atoms with Gasteiger partial charge in [0.1, 0.15) is 5.82 Å². The molecule has 3 heterocycles. The molecule has 1 aromatic heterocycles. The molecule has 1 aromatic carbocycles. The summed E-state index contributed by atoms with van der Waals surface area (Å²) in [4.78, 5) is 5.03. The largest absolute Gasteiger partial charge is 0.298 e. The van der Waals surface area contributed by atoms with Crippen LogP contribution in [0, 0.1) is 17.7 Å². The van der Waals surface area contributed by atoms with Crippen molar-refractivity contribution in [2.75, 3.05) is 26.2 Å². The molecule has 5 heteroatoms. The fraction of sp³-hybridized carbons (Fsp3) is 0.500. The zero-order valence-corrected chi connectivity index (χ0v) is 13.5. The van der Waals surface area contributed by atoms with Crippen LogP contribution in [0.15, 0.2) is 36.7 Å². The van der Waals surface area contributed by atoms with Gasteiger partial charge in [-0.1, -0.05) is 12.1 Å². The molecule has 0 unspecified atom stereocenters. The molecule has 0 N–H and O–H groups in total. The zero-order valence-electron chi connectivity index (χ0n) is 13.5. The third kappa shape index (κ3) is 3.31.